The van der Waals surface area contributed by atoms with Crippen LogP contribution in [0.15, 0.2) is 66.8 Å². The molecule has 0 radical (unpaired) electrons. The van der Waals surface area contributed by atoms with Crippen LogP contribution in [-0.4, -0.2) is 16.8 Å². The van der Waals surface area contributed by atoms with Gasteiger partial charge < -0.3 is 15.1 Å². The van der Waals surface area contributed by atoms with Gasteiger partial charge in [0.05, 0.1) is 11.4 Å². The van der Waals surface area contributed by atoms with E-state index in [-0.39, 0.29) is 11.5 Å². The van der Waals surface area contributed by atoms with Gasteiger partial charge in [-0.25, -0.2) is 0 Å². The average Bonchev–Trinajstić information content (AvgIpc) is 2.48. The first kappa shape index (κ1) is 12.4. The van der Waals surface area contributed by atoms with Crippen molar-refractivity contribution in [2.24, 2.45) is 0 Å². The summed E-state index contributed by atoms with van der Waals surface area (Å²) in [6.45, 7) is 0.651. The number of hydrogen-bond donors (Lipinski definition) is 2. The third-order valence-electron chi connectivity index (χ3n) is 3.32. The molecule has 0 saturated heterocycles. The molecule has 0 amide bonds. The monoisotopic (exact) mass is 265 g/mol. The molecule has 0 spiro atoms. The normalized spacial score (nSPS) is 14.2. The number of nitrogens with zero attached hydrogens (tertiary/aromatic N) is 1. The average molecular weight is 265 g/mol. The summed E-state index contributed by atoms with van der Waals surface area (Å²) in [5.74, 6) is 0.457. The summed E-state index contributed by atoms with van der Waals surface area (Å²) in [4.78, 5) is 1.98. The number of anilines is 1. The first-order valence-corrected chi connectivity index (χ1v) is 6.48. The minimum absolute atomic E-state index is 0.226. The van der Waals surface area contributed by atoms with Crippen LogP contribution in [-0.2, 0) is 0 Å². The van der Waals surface area contributed by atoms with E-state index < -0.39 is 0 Å². The Labute approximate surface area is 117 Å². The van der Waals surface area contributed by atoms with Gasteiger partial charge >= 0.3 is 0 Å². The Kier molecular flexibility index (Phi) is 3.17. The molecule has 0 unspecified atom stereocenters. The molecule has 0 atom stereocenters. The van der Waals surface area contributed by atoms with Crippen LogP contribution in [0.2, 0.25) is 0 Å². The Morgan fingerprint density at radius 1 is 0.850 bits per heavy atom. The fraction of sp³-hybridized carbons (Fsp3) is 0.0588. The molecule has 2 aromatic rings. The molecule has 0 fully saturated rings. The minimum atomic E-state index is 0.226. The van der Waals surface area contributed by atoms with Gasteiger partial charge in [-0.15, -0.1) is 0 Å². The zero-order valence-electron chi connectivity index (χ0n) is 10.9. The third kappa shape index (κ3) is 2.14. The molecule has 3 heteroatoms. The maximum absolute atomic E-state index is 10.0. The van der Waals surface area contributed by atoms with Crippen molar-refractivity contribution in [3.8, 4) is 11.5 Å². The summed E-state index contributed by atoms with van der Waals surface area (Å²) in [6.07, 6.45) is 5.90. The molecule has 1 heterocycles. The highest BCUT2D eigenvalue weighted by atomic mass is 16.3. The van der Waals surface area contributed by atoms with Crippen molar-refractivity contribution in [3.05, 3.63) is 72.3 Å². The fourth-order valence-corrected chi connectivity index (χ4v) is 2.36. The van der Waals surface area contributed by atoms with Crippen molar-refractivity contribution in [1.29, 1.82) is 0 Å². The van der Waals surface area contributed by atoms with Crippen molar-refractivity contribution in [2.45, 2.75) is 0 Å². The quantitative estimate of drug-likeness (QED) is 0.873. The minimum Gasteiger partial charge on any atom is -0.507 e. The van der Waals surface area contributed by atoms with Crippen LogP contribution in [0.5, 0.6) is 11.5 Å². The standard InChI is InChI=1S/C17H15NO2/c19-16-10-3-1-7-13(16)14-8-5-6-12-18(14)15-9-2-4-11-17(15)20/h1-11,19-20H,12H2. The third-order valence-corrected chi connectivity index (χ3v) is 3.32. The van der Waals surface area contributed by atoms with E-state index in [0.717, 1.165) is 16.9 Å². The van der Waals surface area contributed by atoms with E-state index >= 15 is 0 Å². The Morgan fingerprint density at radius 2 is 1.55 bits per heavy atom. The highest BCUT2D eigenvalue weighted by molar-refractivity contribution is 5.85. The molecule has 1 aliphatic rings. The van der Waals surface area contributed by atoms with Crippen molar-refractivity contribution < 1.29 is 10.2 Å². The second-order valence-electron chi connectivity index (χ2n) is 4.60. The lowest BCUT2D eigenvalue weighted by Gasteiger charge is -2.29. The lowest BCUT2D eigenvalue weighted by Crippen LogP contribution is -2.23. The van der Waals surface area contributed by atoms with Gasteiger partial charge in [0.25, 0.3) is 0 Å². The van der Waals surface area contributed by atoms with Crippen LogP contribution >= 0.6 is 0 Å². The molecular formula is C17H15NO2. The van der Waals surface area contributed by atoms with E-state index in [1.165, 1.54) is 0 Å². The van der Waals surface area contributed by atoms with Crippen LogP contribution in [0.3, 0.4) is 0 Å². The number of hydrogen-bond acceptors (Lipinski definition) is 3. The largest absolute Gasteiger partial charge is 0.507 e. The molecule has 3 rings (SSSR count). The predicted octanol–water partition coefficient (Wildman–Crippen LogP) is 3.52. The van der Waals surface area contributed by atoms with Gasteiger partial charge in [-0.2, -0.15) is 0 Å². The second-order valence-corrected chi connectivity index (χ2v) is 4.60. The molecule has 2 aromatic carbocycles. The van der Waals surface area contributed by atoms with Crippen LogP contribution in [0.4, 0.5) is 5.69 Å². The predicted molar refractivity (Wildman–Crippen MR) is 80.7 cm³/mol. The SMILES string of the molecule is Oc1ccccc1C1=CC=CCN1c1ccccc1O. The van der Waals surface area contributed by atoms with Gasteiger partial charge in [-0.1, -0.05) is 36.4 Å². The van der Waals surface area contributed by atoms with Crippen molar-refractivity contribution in [1.82, 2.24) is 0 Å². The van der Waals surface area contributed by atoms with E-state index in [4.69, 9.17) is 0 Å². The number of allylic oxidation sites excluding steroid dienone is 2. The summed E-state index contributed by atoms with van der Waals surface area (Å²) in [5.41, 5.74) is 2.35. The van der Waals surface area contributed by atoms with E-state index in [1.807, 2.05) is 47.4 Å². The summed E-state index contributed by atoms with van der Waals surface area (Å²) in [6, 6.07) is 14.4. The van der Waals surface area contributed by atoms with E-state index in [0.29, 0.717) is 6.54 Å². The number of rotatable bonds is 2. The highest BCUT2D eigenvalue weighted by Gasteiger charge is 2.19. The number of phenols is 2. The van der Waals surface area contributed by atoms with Gasteiger partial charge in [0.15, 0.2) is 0 Å². The molecule has 2 N–H and O–H groups in total. The molecule has 20 heavy (non-hydrogen) atoms. The smallest absolute Gasteiger partial charge is 0.139 e. The Hall–Kier alpha value is -2.68. The van der Waals surface area contributed by atoms with Gasteiger partial charge in [-0.3, -0.25) is 0 Å². The molecule has 0 aliphatic carbocycles. The molecular weight excluding hydrogens is 250 g/mol. The van der Waals surface area contributed by atoms with E-state index in [9.17, 15) is 10.2 Å². The molecule has 1 aliphatic heterocycles. The van der Waals surface area contributed by atoms with Gasteiger partial charge in [0.1, 0.15) is 11.5 Å². The first-order valence-electron chi connectivity index (χ1n) is 6.48. The Balaban J connectivity index is 2.09. The van der Waals surface area contributed by atoms with Crippen molar-refractivity contribution >= 4 is 11.4 Å². The maximum Gasteiger partial charge on any atom is 0.139 e. The zero-order valence-corrected chi connectivity index (χ0v) is 10.9. The molecule has 0 saturated carbocycles. The van der Waals surface area contributed by atoms with Crippen LogP contribution in [0.1, 0.15) is 5.56 Å². The molecule has 0 aromatic heterocycles. The Bertz CT molecular complexity index is 689. The number of benzene rings is 2. The number of phenolic OH excluding ortho intramolecular Hbond substituents is 2. The van der Waals surface area contributed by atoms with E-state index in [1.54, 1.807) is 24.3 Å². The molecule has 3 nitrogen and oxygen atoms in total. The topological polar surface area (TPSA) is 43.7 Å². The van der Waals surface area contributed by atoms with E-state index in [2.05, 4.69) is 0 Å². The number of aromatic hydroxyl groups is 2. The van der Waals surface area contributed by atoms with Crippen LogP contribution in [0, 0.1) is 0 Å². The van der Waals surface area contributed by atoms with Crippen molar-refractivity contribution in [3.63, 3.8) is 0 Å². The van der Waals surface area contributed by atoms with Gasteiger partial charge in [-0.05, 0) is 30.3 Å². The van der Waals surface area contributed by atoms with Gasteiger partial charge in [0.2, 0.25) is 0 Å². The summed E-state index contributed by atoms with van der Waals surface area (Å²) in [5, 5.41) is 20.1. The second kappa shape index (κ2) is 5.13. The first-order chi connectivity index (χ1) is 9.77. The van der Waals surface area contributed by atoms with Crippen LogP contribution in [0.25, 0.3) is 5.70 Å². The number of para-hydroxylation sites is 3. The highest BCUT2D eigenvalue weighted by Crippen LogP contribution is 2.36. The van der Waals surface area contributed by atoms with Crippen LogP contribution < -0.4 is 4.90 Å². The summed E-state index contributed by atoms with van der Waals surface area (Å²) < 4.78 is 0. The van der Waals surface area contributed by atoms with Gasteiger partial charge in [0, 0.05) is 12.1 Å². The molecule has 100 valence electrons. The summed E-state index contributed by atoms with van der Waals surface area (Å²) >= 11 is 0. The zero-order chi connectivity index (χ0) is 13.9. The van der Waals surface area contributed by atoms with Crippen molar-refractivity contribution in [2.75, 3.05) is 11.4 Å². The lowest BCUT2D eigenvalue weighted by molar-refractivity contribution is 0.472. The fourth-order valence-electron chi connectivity index (χ4n) is 2.36. The summed E-state index contributed by atoms with van der Waals surface area (Å²) in [7, 11) is 0. The maximum atomic E-state index is 10.0. The Morgan fingerprint density at radius 3 is 2.30 bits per heavy atom. The lowest BCUT2D eigenvalue weighted by atomic mass is 10.1. The molecule has 0 bridgehead atoms.